The molecule has 7 heteroatoms. The Morgan fingerprint density at radius 1 is 0.895 bits per heavy atom. The van der Waals surface area contributed by atoms with Crippen molar-refractivity contribution < 1.29 is 8.42 Å². The van der Waals surface area contributed by atoms with E-state index in [9.17, 15) is 13.2 Å². The van der Waals surface area contributed by atoms with Crippen LogP contribution in [0.1, 0.15) is 35.5 Å². The van der Waals surface area contributed by atoms with E-state index in [1.807, 2.05) is 86.6 Å². The van der Waals surface area contributed by atoms with Crippen molar-refractivity contribution in [2.45, 2.75) is 33.2 Å². The van der Waals surface area contributed by atoms with Gasteiger partial charge in [0.1, 0.15) is 5.82 Å². The molecule has 0 amide bonds. The number of benzene rings is 4. The molecule has 5 rings (SSSR count). The molecule has 0 N–H and O–H groups in total. The SMILES string of the molecule is Cc1ccc(-n2c(C(C)N(C)S(=O)(=O)CCc3cccc4ccccc34)nc3ccccc3c2=O)c(C)c1. The van der Waals surface area contributed by atoms with Crippen LogP contribution in [0.4, 0.5) is 0 Å². The van der Waals surface area contributed by atoms with Crippen LogP contribution >= 0.6 is 0 Å². The summed E-state index contributed by atoms with van der Waals surface area (Å²) in [5.74, 6) is 0.334. The smallest absolute Gasteiger partial charge is 0.266 e. The molecule has 4 aromatic carbocycles. The molecule has 6 nitrogen and oxygen atoms in total. The molecule has 38 heavy (non-hydrogen) atoms. The van der Waals surface area contributed by atoms with Crippen molar-refractivity contribution in [3.63, 3.8) is 0 Å². The Morgan fingerprint density at radius 2 is 1.58 bits per heavy atom. The number of aryl methyl sites for hydroxylation is 3. The third-order valence-corrected chi connectivity index (χ3v) is 9.18. The molecule has 0 saturated carbocycles. The van der Waals surface area contributed by atoms with E-state index in [4.69, 9.17) is 4.98 Å². The van der Waals surface area contributed by atoms with Crippen molar-refractivity contribution >= 4 is 31.7 Å². The molecule has 0 bridgehead atoms. The van der Waals surface area contributed by atoms with Gasteiger partial charge in [-0.3, -0.25) is 9.36 Å². The first-order valence-corrected chi connectivity index (χ1v) is 14.3. The molecule has 1 aromatic heterocycles. The molecule has 0 fully saturated rings. The molecule has 0 spiro atoms. The van der Waals surface area contributed by atoms with Crippen LogP contribution in [-0.2, 0) is 16.4 Å². The van der Waals surface area contributed by atoms with Crippen LogP contribution in [0.5, 0.6) is 0 Å². The quantitative estimate of drug-likeness (QED) is 0.272. The normalized spacial score (nSPS) is 12.9. The van der Waals surface area contributed by atoms with Gasteiger partial charge in [0.05, 0.1) is 28.4 Å². The Balaban J connectivity index is 1.54. The first kappa shape index (κ1) is 25.8. The Bertz CT molecular complexity index is 1820. The summed E-state index contributed by atoms with van der Waals surface area (Å²) >= 11 is 0. The van der Waals surface area contributed by atoms with Crippen LogP contribution < -0.4 is 5.56 Å². The van der Waals surface area contributed by atoms with Crippen molar-refractivity contribution in [2.24, 2.45) is 0 Å². The first-order chi connectivity index (χ1) is 18.2. The number of nitrogens with zero attached hydrogens (tertiary/aromatic N) is 3. The zero-order valence-corrected chi connectivity index (χ0v) is 22.9. The van der Waals surface area contributed by atoms with Crippen molar-refractivity contribution in [1.82, 2.24) is 13.9 Å². The number of rotatable bonds is 7. The minimum Gasteiger partial charge on any atom is -0.268 e. The zero-order chi connectivity index (χ0) is 27.0. The fraction of sp³-hybridized carbons (Fsp3) is 0.226. The van der Waals surface area contributed by atoms with Crippen molar-refractivity contribution in [1.29, 1.82) is 0 Å². The van der Waals surface area contributed by atoms with E-state index < -0.39 is 16.1 Å². The molecule has 0 aliphatic rings. The van der Waals surface area contributed by atoms with E-state index in [2.05, 4.69) is 0 Å². The summed E-state index contributed by atoms with van der Waals surface area (Å²) in [5.41, 5.74) is 4.01. The van der Waals surface area contributed by atoms with E-state index in [1.165, 1.54) is 4.31 Å². The zero-order valence-electron chi connectivity index (χ0n) is 22.0. The third-order valence-electron chi connectivity index (χ3n) is 7.26. The van der Waals surface area contributed by atoms with Gasteiger partial charge in [-0.1, -0.05) is 72.3 Å². The van der Waals surface area contributed by atoms with E-state index in [-0.39, 0.29) is 11.3 Å². The highest BCUT2D eigenvalue weighted by molar-refractivity contribution is 7.89. The summed E-state index contributed by atoms with van der Waals surface area (Å²) < 4.78 is 30.1. The van der Waals surface area contributed by atoms with Crippen LogP contribution in [0.15, 0.2) is 89.7 Å². The minimum atomic E-state index is -3.68. The number of hydrogen-bond donors (Lipinski definition) is 0. The lowest BCUT2D eigenvalue weighted by molar-refractivity contribution is 0.379. The lowest BCUT2D eigenvalue weighted by atomic mass is 10.0. The van der Waals surface area contributed by atoms with Gasteiger partial charge in [-0.15, -0.1) is 0 Å². The average molecular weight is 526 g/mol. The van der Waals surface area contributed by atoms with Crippen LogP contribution in [0.2, 0.25) is 0 Å². The lowest BCUT2D eigenvalue weighted by Gasteiger charge is -2.27. The average Bonchev–Trinajstić information content (AvgIpc) is 2.91. The number of fused-ring (bicyclic) bond motifs is 2. The van der Waals surface area contributed by atoms with Gasteiger partial charge in [0, 0.05) is 7.05 Å². The van der Waals surface area contributed by atoms with Crippen LogP contribution in [-0.4, -0.2) is 35.1 Å². The maximum atomic E-state index is 13.8. The molecule has 194 valence electrons. The Kier molecular flexibility index (Phi) is 6.90. The van der Waals surface area contributed by atoms with Gasteiger partial charge in [0.2, 0.25) is 10.0 Å². The minimum absolute atomic E-state index is 0.0524. The number of sulfonamides is 1. The van der Waals surface area contributed by atoms with Gasteiger partial charge < -0.3 is 0 Å². The molecule has 0 aliphatic carbocycles. The summed E-state index contributed by atoms with van der Waals surface area (Å²) in [4.78, 5) is 18.6. The summed E-state index contributed by atoms with van der Waals surface area (Å²) in [5, 5.41) is 2.63. The topological polar surface area (TPSA) is 72.3 Å². The maximum Gasteiger partial charge on any atom is 0.266 e. The Hall–Kier alpha value is -3.81. The molecule has 0 radical (unpaired) electrons. The van der Waals surface area contributed by atoms with Crippen molar-refractivity contribution in [2.75, 3.05) is 12.8 Å². The molecule has 0 aliphatic heterocycles. The van der Waals surface area contributed by atoms with Gasteiger partial charge in [0.15, 0.2) is 0 Å². The monoisotopic (exact) mass is 525 g/mol. The second kappa shape index (κ2) is 10.2. The largest absolute Gasteiger partial charge is 0.268 e. The third kappa shape index (κ3) is 4.75. The molecule has 1 atom stereocenters. The highest BCUT2D eigenvalue weighted by atomic mass is 32.2. The molecule has 5 aromatic rings. The van der Waals surface area contributed by atoms with Gasteiger partial charge >= 0.3 is 0 Å². The summed E-state index contributed by atoms with van der Waals surface area (Å²) in [7, 11) is -2.11. The van der Waals surface area contributed by atoms with Crippen molar-refractivity contribution in [3.05, 3.63) is 118 Å². The molecular formula is C31H31N3O3S. The summed E-state index contributed by atoms with van der Waals surface area (Å²) in [6.45, 7) is 5.73. The number of hydrogen-bond acceptors (Lipinski definition) is 4. The molecular weight excluding hydrogens is 494 g/mol. The lowest BCUT2D eigenvalue weighted by Crippen LogP contribution is -2.36. The predicted octanol–water partition coefficient (Wildman–Crippen LogP) is 5.72. The maximum absolute atomic E-state index is 13.8. The number of para-hydroxylation sites is 1. The molecule has 0 saturated heterocycles. The molecule has 1 heterocycles. The summed E-state index contributed by atoms with van der Waals surface area (Å²) in [6.07, 6.45) is 0.385. The second-order valence-corrected chi connectivity index (χ2v) is 12.0. The van der Waals surface area contributed by atoms with E-state index in [0.717, 1.165) is 27.5 Å². The standard InChI is InChI=1S/C31H31N3O3S/c1-21-16-17-29(22(2)20-21)34-30(32-28-15-8-7-14-27(28)31(34)35)23(3)33(4)38(36,37)19-18-25-12-9-11-24-10-5-6-13-26(24)25/h5-17,20,23H,18-19H2,1-4H3. The Labute approximate surface area is 223 Å². The van der Waals surface area contributed by atoms with Crippen LogP contribution in [0.3, 0.4) is 0 Å². The highest BCUT2D eigenvalue weighted by Gasteiger charge is 2.29. The highest BCUT2D eigenvalue weighted by Crippen LogP contribution is 2.26. The van der Waals surface area contributed by atoms with Gasteiger partial charge in [-0.25, -0.2) is 13.4 Å². The van der Waals surface area contributed by atoms with E-state index >= 15 is 0 Å². The molecule has 1 unspecified atom stereocenters. The Morgan fingerprint density at radius 3 is 2.34 bits per heavy atom. The van der Waals surface area contributed by atoms with Gasteiger partial charge in [-0.05, 0) is 67.3 Å². The number of aromatic nitrogens is 2. The van der Waals surface area contributed by atoms with Crippen LogP contribution in [0, 0.1) is 13.8 Å². The predicted molar refractivity (Wildman–Crippen MR) is 154 cm³/mol. The van der Waals surface area contributed by atoms with E-state index in [1.54, 1.807) is 30.7 Å². The fourth-order valence-electron chi connectivity index (χ4n) is 5.02. The van der Waals surface area contributed by atoms with Gasteiger partial charge in [-0.2, -0.15) is 4.31 Å². The van der Waals surface area contributed by atoms with Crippen molar-refractivity contribution in [3.8, 4) is 5.69 Å². The first-order valence-electron chi connectivity index (χ1n) is 12.7. The summed E-state index contributed by atoms with van der Waals surface area (Å²) in [6, 6.07) is 26.3. The fourth-order valence-corrected chi connectivity index (χ4v) is 6.36. The van der Waals surface area contributed by atoms with Gasteiger partial charge in [0.25, 0.3) is 5.56 Å². The van der Waals surface area contributed by atoms with Crippen LogP contribution in [0.25, 0.3) is 27.4 Å². The van der Waals surface area contributed by atoms with E-state index in [0.29, 0.717) is 28.8 Å². The second-order valence-electron chi connectivity index (χ2n) is 9.81.